The van der Waals surface area contributed by atoms with E-state index in [1.54, 1.807) is 6.92 Å². The van der Waals surface area contributed by atoms with Crippen LogP contribution in [0.5, 0.6) is 0 Å². The molecule has 0 aromatic heterocycles. The molecule has 74 valence electrons. The van der Waals surface area contributed by atoms with Gasteiger partial charge in [0.05, 0.1) is 11.8 Å². The van der Waals surface area contributed by atoms with Gasteiger partial charge in [-0.05, 0) is 19.8 Å². The summed E-state index contributed by atoms with van der Waals surface area (Å²) in [6.07, 6.45) is 3.48. The van der Waals surface area contributed by atoms with Gasteiger partial charge in [0.1, 0.15) is 0 Å². The molecule has 0 unspecified atom stereocenters. The maximum atomic E-state index is 9.27. The Morgan fingerprint density at radius 1 is 1.69 bits per heavy atom. The minimum absolute atomic E-state index is 0.343. The predicted molar refractivity (Wildman–Crippen MR) is 48.9 cm³/mol. The van der Waals surface area contributed by atoms with E-state index in [0.717, 1.165) is 18.5 Å². The van der Waals surface area contributed by atoms with E-state index in [9.17, 15) is 5.11 Å². The van der Waals surface area contributed by atoms with Crippen molar-refractivity contribution in [1.82, 2.24) is 16.0 Å². The Kier molecular flexibility index (Phi) is 2.15. The van der Waals surface area contributed by atoms with Crippen molar-refractivity contribution in [3.05, 3.63) is 11.9 Å². The summed E-state index contributed by atoms with van der Waals surface area (Å²) in [6, 6.07) is 0.814. The number of rotatable bonds is 2. The highest BCUT2D eigenvalue weighted by molar-refractivity contribution is 5.08. The summed E-state index contributed by atoms with van der Waals surface area (Å²) < 4.78 is 0. The zero-order valence-corrected chi connectivity index (χ0v) is 7.70. The third-order valence-electron chi connectivity index (χ3n) is 2.60. The third-order valence-corrected chi connectivity index (χ3v) is 2.60. The first kappa shape index (κ1) is 8.80. The highest BCUT2D eigenvalue weighted by Gasteiger charge is 2.32. The first-order valence-electron chi connectivity index (χ1n) is 4.62. The molecular formula is C8H16N4O. The number of hydrazine groups is 2. The molecule has 5 heteroatoms. The lowest BCUT2D eigenvalue weighted by atomic mass is 9.87. The Hall–Kier alpha value is -0.780. The second-order valence-corrected chi connectivity index (χ2v) is 3.79. The monoisotopic (exact) mass is 184 g/mol. The molecule has 1 aliphatic heterocycles. The van der Waals surface area contributed by atoms with E-state index in [4.69, 9.17) is 5.73 Å². The Labute approximate surface area is 77.5 Å². The van der Waals surface area contributed by atoms with Gasteiger partial charge >= 0.3 is 0 Å². The summed E-state index contributed by atoms with van der Waals surface area (Å²) in [6.45, 7) is 1.73. The average Bonchev–Trinajstić information content (AvgIpc) is 2.46. The van der Waals surface area contributed by atoms with Crippen LogP contribution in [0.4, 0.5) is 0 Å². The summed E-state index contributed by atoms with van der Waals surface area (Å²) in [5.41, 5.74) is 12.4. The molecule has 0 aromatic carbocycles. The van der Waals surface area contributed by atoms with Crippen LogP contribution >= 0.6 is 0 Å². The maximum Gasteiger partial charge on any atom is 0.0935 e. The van der Waals surface area contributed by atoms with Crippen molar-refractivity contribution in [3.63, 3.8) is 0 Å². The number of hydrogen-bond acceptors (Lipinski definition) is 5. The maximum absolute atomic E-state index is 9.27. The van der Waals surface area contributed by atoms with Gasteiger partial charge in [0.25, 0.3) is 0 Å². The number of aliphatic hydroxyl groups excluding tert-OH is 1. The minimum Gasteiger partial charge on any atom is -0.387 e. The summed E-state index contributed by atoms with van der Waals surface area (Å²) in [5.74, 6) is 0. The van der Waals surface area contributed by atoms with Crippen molar-refractivity contribution in [2.24, 2.45) is 5.73 Å². The lowest BCUT2D eigenvalue weighted by molar-refractivity contribution is 0.111. The standard InChI is InChI=1S/C8H16N4O/c1-5(13)8-4-12(11-10-8)7-2-6(9)3-7/h4-7,10-11,13H,2-3,9H2,1H3/t5-,6?,7?/m0/s1. The van der Waals surface area contributed by atoms with Crippen LogP contribution < -0.4 is 16.7 Å². The van der Waals surface area contributed by atoms with E-state index in [0.29, 0.717) is 12.1 Å². The molecule has 1 heterocycles. The van der Waals surface area contributed by atoms with Crippen molar-refractivity contribution in [2.45, 2.75) is 38.0 Å². The highest BCUT2D eigenvalue weighted by atomic mass is 16.3. The fraction of sp³-hybridized carbons (Fsp3) is 0.750. The van der Waals surface area contributed by atoms with E-state index in [1.807, 2.05) is 11.2 Å². The van der Waals surface area contributed by atoms with Crippen molar-refractivity contribution < 1.29 is 5.11 Å². The van der Waals surface area contributed by atoms with E-state index < -0.39 is 6.10 Å². The Bertz CT molecular complexity index is 222. The Balaban J connectivity index is 1.90. The molecule has 1 aliphatic carbocycles. The second kappa shape index (κ2) is 3.17. The molecule has 0 amide bonds. The van der Waals surface area contributed by atoms with Crippen molar-refractivity contribution >= 4 is 0 Å². The lowest BCUT2D eigenvalue weighted by Gasteiger charge is -2.38. The van der Waals surface area contributed by atoms with Gasteiger partial charge in [-0.1, -0.05) is 0 Å². The van der Waals surface area contributed by atoms with Gasteiger partial charge in [-0.15, -0.1) is 5.53 Å². The quantitative estimate of drug-likeness (QED) is 0.444. The molecule has 0 saturated heterocycles. The first-order valence-corrected chi connectivity index (χ1v) is 4.62. The van der Waals surface area contributed by atoms with Crippen molar-refractivity contribution in [2.75, 3.05) is 0 Å². The molecule has 0 bridgehead atoms. The summed E-state index contributed by atoms with van der Waals surface area (Å²) in [5, 5.41) is 11.2. The van der Waals surface area contributed by atoms with Crippen LogP contribution in [-0.2, 0) is 0 Å². The van der Waals surface area contributed by atoms with Crippen LogP contribution in [-0.4, -0.2) is 28.3 Å². The second-order valence-electron chi connectivity index (χ2n) is 3.79. The van der Waals surface area contributed by atoms with E-state index in [1.165, 1.54) is 0 Å². The molecule has 0 aromatic rings. The normalized spacial score (nSPS) is 35.0. The number of nitrogens with two attached hydrogens (primary N) is 1. The molecule has 5 N–H and O–H groups in total. The highest BCUT2D eigenvalue weighted by Crippen LogP contribution is 2.24. The van der Waals surface area contributed by atoms with Crippen LogP contribution in [0.3, 0.4) is 0 Å². The van der Waals surface area contributed by atoms with E-state index >= 15 is 0 Å². The van der Waals surface area contributed by atoms with Crippen LogP contribution in [0.1, 0.15) is 19.8 Å². The van der Waals surface area contributed by atoms with Crippen molar-refractivity contribution in [1.29, 1.82) is 0 Å². The van der Waals surface area contributed by atoms with Crippen LogP contribution in [0.25, 0.3) is 0 Å². The molecule has 1 fully saturated rings. The SMILES string of the molecule is C[C@H](O)C1=CN(C2CC(N)C2)NN1. The molecule has 2 rings (SSSR count). The Morgan fingerprint density at radius 3 is 2.85 bits per heavy atom. The zero-order chi connectivity index (χ0) is 9.42. The minimum atomic E-state index is -0.453. The summed E-state index contributed by atoms with van der Waals surface area (Å²) in [4.78, 5) is 0. The van der Waals surface area contributed by atoms with E-state index in [2.05, 4.69) is 11.0 Å². The smallest absolute Gasteiger partial charge is 0.0935 e. The van der Waals surface area contributed by atoms with Gasteiger partial charge in [0.15, 0.2) is 0 Å². The van der Waals surface area contributed by atoms with Gasteiger partial charge in [-0.25, -0.2) is 0 Å². The van der Waals surface area contributed by atoms with Gasteiger partial charge in [0, 0.05) is 18.3 Å². The third kappa shape index (κ3) is 1.63. The molecule has 2 aliphatic rings. The summed E-state index contributed by atoms with van der Waals surface area (Å²) in [7, 11) is 0. The average molecular weight is 184 g/mol. The number of hydrogen-bond donors (Lipinski definition) is 4. The number of nitrogens with one attached hydrogen (secondary N) is 2. The molecule has 0 spiro atoms. The molecule has 1 atom stereocenters. The van der Waals surface area contributed by atoms with Crippen molar-refractivity contribution in [3.8, 4) is 0 Å². The zero-order valence-electron chi connectivity index (χ0n) is 7.70. The van der Waals surface area contributed by atoms with Crippen LogP contribution in [0.2, 0.25) is 0 Å². The molecular weight excluding hydrogens is 168 g/mol. The summed E-state index contributed by atoms with van der Waals surface area (Å²) >= 11 is 0. The largest absolute Gasteiger partial charge is 0.387 e. The molecule has 13 heavy (non-hydrogen) atoms. The molecule has 0 radical (unpaired) electrons. The molecule has 1 saturated carbocycles. The fourth-order valence-electron chi connectivity index (χ4n) is 1.61. The van der Waals surface area contributed by atoms with Crippen LogP contribution in [0.15, 0.2) is 11.9 Å². The number of nitrogens with zero attached hydrogens (tertiary/aromatic N) is 1. The topological polar surface area (TPSA) is 73.5 Å². The lowest BCUT2D eigenvalue weighted by Crippen LogP contribution is -2.53. The fourth-order valence-corrected chi connectivity index (χ4v) is 1.61. The predicted octanol–water partition coefficient (Wildman–Crippen LogP) is -0.977. The molecule has 5 nitrogen and oxygen atoms in total. The van der Waals surface area contributed by atoms with Gasteiger partial charge in [-0.3, -0.25) is 5.01 Å². The first-order chi connectivity index (χ1) is 6.16. The van der Waals surface area contributed by atoms with Gasteiger partial charge < -0.3 is 16.3 Å². The Morgan fingerprint density at radius 2 is 2.38 bits per heavy atom. The van der Waals surface area contributed by atoms with Gasteiger partial charge in [0.2, 0.25) is 0 Å². The van der Waals surface area contributed by atoms with Crippen LogP contribution in [0, 0.1) is 0 Å². The van der Waals surface area contributed by atoms with Gasteiger partial charge in [-0.2, -0.15) is 0 Å². The van der Waals surface area contributed by atoms with E-state index in [-0.39, 0.29) is 0 Å². The number of aliphatic hydroxyl groups is 1.